The largest absolute Gasteiger partial charge is 0.324 e. The number of ketones is 1. The Morgan fingerprint density at radius 1 is 1.30 bits per heavy atom. The van der Waals surface area contributed by atoms with E-state index in [4.69, 9.17) is 0 Å². The molecule has 5 heteroatoms. The lowest BCUT2D eigenvalue weighted by Gasteiger charge is -2.11. The average molecular weight is 367 g/mol. The van der Waals surface area contributed by atoms with E-state index in [2.05, 4.69) is 47.4 Å². The predicted octanol–water partition coefficient (Wildman–Crippen LogP) is 6.01. The summed E-state index contributed by atoms with van der Waals surface area (Å²) >= 11 is 0. The van der Waals surface area contributed by atoms with E-state index >= 15 is 0 Å². The Labute approximate surface area is 163 Å². The maximum atomic E-state index is 11.9. The molecule has 27 heavy (non-hydrogen) atoms. The number of rotatable bonds is 7. The minimum atomic E-state index is 0. The van der Waals surface area contributed by atoms with Gasteiger partial charge in [-0.15, -0.1) is 0 Å². The summed E-state index contributed by atoms with van der Waals surface area (Å²) < 4.78 is 0. The van der Waals surface area contributed by atoms with E-state index in [1.165, 1.54) is 6.42 Å². The SMILES string of the molecule is C=C/C(=C\N=C)c1ccnc(Nc2cc(C(=O)CC)ccc2C)n1.CCC.[HH]. The molecule has 0 saturated carbocycles. The molecule has 0 aliphatic rings. The number of aromatic nitrogens is 2. The van der Waals surface area contributed by atoms with Crippen LogP contribution >= 0.6 is 0 Å². The molecule has 1 aromatic heterocycles. The molecule has 0 saturated heterocycles. The quantitative estimate of drug-likeness (QED) is 0.370. The lowest BCUT2D eigenvalue weighted by Crippen LogP contribution is -2.03. The second-order valence-corrected chi connectivity index (χ2v) is 5.88. The molecule has 1 N–H and O–H groups in total. The second-order valence-electron chi connectivity index (χ2n) is 5.88. The van der Waals surface area contributed by atoms with E-state index in [1.54, 1.807) is 24.5 Å². The van der Waals surface area contributed by atoms with Gasteiger partial charge in [-0.3, -0.25) is 9.79 Å². The van der Waals surface area contributed by atoms with Crippen molar-refractivity contribution in [2.24, 2.45) is 4.99 Å². The summed E-state index contributed by atoms with van der Waals surface area (Å²) in [6.07, 6.45) is 6.62. The molecule has 144 valence electrons. The second kappa shape index (κ2) is 11.5. The summed E-state index contributed by atoms with van der Waals surface area (Å²) in [5.74, 6) is 0.537. The molecule has 0 aliphatic carbocycles. The Hall–Kier alpha value is -3.08. The van der Waals surface area contributed by atoms with Crippen molar-refractivity contribution in [2.75, 3.05) is 5.32 Å². The van der Waals surface area contributed by atoms with Gasteiger partial charge in [-0.05, 0) is 31.3 Å². The van der Waals surface area contributed by atoms with Crippen molar-refractivity contribution in [3.63, 3.8) is 0 Å². The van der Waals surface area contributed by atoms with Crippen LogP contribution in [0.1, 0.15) is 56.7 Å². The molecule has 2 rings (SSSR count). The standard InChI is InChI=1S/C19H20N4O.C3H8.H2/c1-5-14(12-20-4)16-9-10-21-19(22-16)23-17-11-15(18(24)6-2)8-7-13(17)3;1-3-2;/h5,7-12H,1,4,6H2,2-3H3,(H,21,22,23);3H2,1-2H3;1H/b14-12+;;. The fourth-order valence-electron chi connectivity index (χ4n) is 2.16. The highest BCUT2D eigenvalue weighted by Crippen LogP contribution is 2.22. The van der Waals surface area contributed by atoms with Crippen LogP contribution in [0.3, 0.4) is 0 Å². The first-order valence-corrected chi connectivity index (χ1v) is 9.03. The molecule has 0 amide bonds. The van der Waals surface area contributed by atoms with Crippen molar-refractivity contribution in [1.82, 2.24) is 9.97 Å². The number of hydrogen-bond donors (Lipinski definition) is 1. The highest BCUT2D eigenvalue weighted by molar-refractivity contribution is 5.97. The molecule has 2 aromatic rings. The molecule has 0 aliphatic heterocycles. The fourth-order valence-corrected chi connectivity index (χ4v) is 2.16. The number of aryl methyl sites for hydroxylation is 1. The van der Waals surface area contributed by atoms with Gasteiger partial charge in [0.2, 0.25) is 5.95 Å². The number of allylic oxidation sites excluding steroid dienone is 2. The van der Waals surface area contributed by atoms with Crippen molar-refractivity contribution in [3.8, 4) is 0 Å². The number of carbonyl (C=O) groups is 1. The summed E-state index contributed by atoms with van der Waals surface area (Å²) in [4.78, 5) is 24.3. The zero-order chi connectivity index (χ0) is 20.2. The van der Waals surface area contributed by atoms with Crippen LogP contribution in [0.2, 0.25) is 0 Å². The van der Waals surface area contributed by atoms with Gasteiger partial charge in [0, 0.05) is 37.1 Å². The average Bonchev–Trinajstić information content (AvgIpc) is 2.68. The number of nitrogens with one attached hydrogen (secondary N) is 1. The van der Waals surface area contributed by atoms with Crippen LogP contribution in [0.15, 0.2) is 54.3 Å². The number of aliphatic imine (C=N–C) groups is 1. The number of Topliss-reactive ketones (excluding diaryl/α,β-unsaturated/α-hetero) is 1. The van der Waals surface area contributed by atoms with Crippen molar-refractivity contribution >= 4 is 29.7 Å². The highest BCUT2D eigenvalue weighted by atomic mass is 16.1. The smallest absolute Gasteiger partial charge is 0.227 e. The van der Waals surface area contributed by atoms with Gasteiger partial charge in [0.05, 0.1) is 5.69 Å². The van der Waals surface area contributed by atoms with E-state index in [0.717, 1.165) is 16.8 Å². The van der Waals surface area contributed by atoms with Gasteiger partial charge in [-0.25, -0.2) is 9.97 Å². The van der Waals surface area contributed by atoms with E-state index in [-0.39, 0.29) is 7.21 Å². The molecule has 0 radical (unpaired) electrons. The van der Waals surface area contributed by atoms with Crippen molar-refractivity contribution in [1.29, 1.82) is 0 Å². The number of carbonyl (C=O) groups excluding carboxylic acids is 1. The Kier molecular flexibility index (Phi) is 9.37. The molecule has 0 bridgehead atoms. The van der Waals surface area contributed by atoms with Gasteiger partial charge in [0.25, 0.3) is 0 Å². The van der Waals surface area contributed by atoms with E-state index in [1.807, 2.05) is 32.0 Å². The number of anilines is 2. The molecule has 0 spiro atoms. The van der Waals surface area contributed by atoms with Crippen LogP contribution in [-0.4, -0.2) is 22.5 Å². The zero-order valence-corrected chi connectivity index (χ0v) is 16.6. The summed E-state index contributed by atoms with van der Waals surface area (Å²) in [5.41, 5.74) is 3.92. The first-order valence-electron chi connectivity index (χ1n) is 9.03. The van der Waals surface area contributed by atoms with Gasteiger partial charge >= 0.3 is 0 Å². The van der Waals surface area contributed by atoms with E-state index < -0.39 is 0 Å². The number of hydrogen-bond acceptors (Lipinski definition) is 5. The monoisotopic (exact) mass is 366 g/mol. The summed E-state index contributed by atoms with van der Waals surface area (Å²) in [6.45, 7) is 15.3. The summed E-state index contributed by atoms with van der Waals surface area (Å²) in [7, 11) is 0. The fraction of sp³-hybridized carbons (Fsp3) is 0.273. The minimum Gasteiger partial charge on any atom is -0.324 e. The third-order valence-corrected chi connectivity index (χ3v) is 3.53. The Morgan fingerprint density at radius 3 is 2.59 bits per heavy atom. The number of benzene rings is 1. The first kappa shape index (κ1) is 22.0. The summed E-state index contributed by atoms with van der Waals surface area (Å²) in [6, 6.07) is 7.34. The van der Waals surface area contributed by atoms with Crippen LogP contribution in [-0.2, 0) is 0 Å². The minimum absolute atomic E-state index is 0. The van der Waals surface area contributed by atoms with Crippen molar-refractivity contribution in [2.45, 2.75) is 40.5 Å². The van der Waals surface area contributed by atoms with Crippen LogP contribution in [0.5, 0.6) is 0 Å². The van der Waals surface area contributed by atoms with Crippen molar-refractivity contribution in [3.05, 3.63) is 66.1 Å². The van der Waals surface area contributed by atoms with Gasteiger partial charge < -0.3 is 5.32 Å². The lowest BCUT2D eigenvalue weighted by molar-refractivity contribution is 0.0988. The van der Waals surface area contributed by atoms with Gasteiger partial charge in [0.15, 0.2) is 5.78 Å². The molecular formula is C22H30N4O. The van der Waals surface area contributed by atoms with Crippen LogP contribution in [0, 0.1) is 6.92 Å². The summed E-state index contributed by atoms with van der Waals surface area (Å²) in [5, 5.41) is 3.17. The van der Waals surface area contributed by atoms with Crippen LogP contribution < -0.4 is 5.32 Å². The van der Waals surface area contributed by atoms with Gasteiger partial charge in [0.1, 0.15) is 0 Å². The lowest BCUT2D eigenvalue weighted by atomic mass is 10.1. The predicted molar refractivity (Wildman–Crippen MR) is 117 cm³/mol. The Bertz CT molecular complexity index is 831. The maximum absolute atomic E-state index is 11.9. The zero-order valence-electron chi connectivity index (χ0n) is 16.6. The van der Waals surface area contributed by atoms with E-state index in [9.17, 15) is 4.79 Å². The Morgan fingerprint density at radius 2 is 2.00 bits per heavy atom. The molecular weight excluding hydrogens is 336 g/mol. The van der Waals surface area contributed by atoms with Crippen LogP contribution in [0.4, 0.5) is 11.6 Å². The molecule has 0 unspecified atom stereocenters. The Balaban J connectivity index is 0.00000171. The molecule has 0 fully saturated rings. The van der Waals surface area contributed by atoms with E-state index in [0.29, 0.717) is 23.6 Å². The molecule has 1 aromatic carbocycles. The van der Waals surface area contributed by atoms with Crippen molar-refractivity contribution < 1.29 is 6.22 Å². The number of nitrogens with zero attached hydrogens (tertiary/aromatic N) is 3. The van der Waals surface area contributed by atoms with Gasteiger partial charge in [-0.1, -0.05) is 52.0 Å². The molecule has 0 atom stereocenters. The van der Waals surface area contributed by atoms with Gasteiger partial charge in [-0.2, -0.15) is 0 Å². The first-order chi connectivity index (χ1) is 13.0. The molecule has 1 heterocycles. The third-order valence-electron chi connectivity index (χ3n) is 3.53. The molecule has 5 nitrogen and oxygen atoms in total. The van der Waals surface area contributed by atoms with Crippen LogP contribution in [0.25, 0.3) is 5.57 Å². The maximum Gasteiger partial charge on any atom is 0.227 e. The topological polar surface area (TPSA) is 67.2 Å². The normalized spacial score (nSPS) is 10.4. The highest BCUT2D eigenvalue weighted by Gasteiger charge is 2.08. The third kappa shape index (κ3) is 6.62.